The molecule has 0 aliphatic rings. The van der Waals surface area contributed by atoms with Gasteiger partial charge in [-0.3, -0.25) is 0 Å². The number of rotatable bonds is 4. The van der Waals surface area contributed by atoms with Crippen molar-refractivity contribution in [2.45, 2.75) is 19.4 Å². The van der Waals surface area contributed by atoms with Crippen LogP contribution in [0.25, 0.3) is 0 Å². The lowest BCUT2D eigenvalue weighted by Crippen LogP contribution is -3.00. The molecule has 14 heavy (non-hydrogen) atoms. The summed E-state index contributed by atoms with van der Waals surface area (Å²) in [5, 5.41) is 12.2. The number of hydrogen-bond donors (Lipinski definition) is 2. The van der Waals surface area contributed by atoms with Gasteiger partial charge in [-0.15, -0.1) is 0 Å². The smallest absolute Gasteiger partial charge is 0.135 e. The maximum atomic E-state index is 10.1. The van der Waals surface area contributed by atoms with E-state index in [0.717, 1.165) is 12.1 Å². The van der Waals surface area contributed by atoms with E-state index in [1.54, 1.807) is 0 Å². The van der Waals surface area contributed by atoms with Crippen LogP contribution in [-0.2, 0) is 5.60 Å². The molecule has 0 unspecified atom stereocenters. The normalized spacial score (nSPS) is 14.2. The zero-order chi connectivity index (χ0) is 9.73. The van der Waals surface area contributed by atoms with E-state index in [9.17, 15) is 5.11 Å². The van der Waals surface area contributed by atoms with Crippen LogP contribution < -0.4 is 17.7 Å². The van der Waals surface area contributed by atoms with Crippen molar-refractivity contribution in [2.24, 2.45) is 0 Å². The Labute approximate surface area is 91.8 Å². The summed E-state index contributed by atoms with van der Waals surface area (Å²) >= 11 is 0. The van der Waals surface area contributed by atoms with E-state index in [4.69, 9.17) is 0 Å². The Bertz CT molecular complexity index is 249. The fourth-order valence-corrected chi connectivity index (χ4v) is 1.34. The van der Waals surface area contributed by atoms with Gasteiger partial charge < -0.3 is 22.8 Å². The van der Waals surface area contributed by atoms with Gasteiger partial charge in [-0.05, 0) is 19.4 Å². The highest BCUT2D eigenvalue weighted by Crippen LogP contribution is 2.17. The van der Waals surface area contributed by atoms with E-state index >= 15 is 0 Å². The summed E-state index contributed by atoms with van der Waals surface area (Å²) in [7, 11) is 0. The largest absolute Gasteiger partial charge is 1.00 e. The highest BCUT2D eigenvalue weighted by Gasteiger charge is 2.24. The maximum absolute atomic E-state index is 10.1. The Hall–Kier alpha value is -0.570. The molecule has 0 amide bonds. The Morgan fingerprint density at radius 1 is 1.29 bits per heavy atom. The number of likely N-dealkylation sites (N-methyl/N-ethyl adjacent to an activating group) is 1. The molecule has 1 aromatic rings. The SMILES string of the molecule is CC[NH2+]C[C@@](C)(O)c1ccccc1.[Cl-]. The van der Waals surface area contributed by atoms with Gasteiger partial charge in [-0.2, -0.15) is 0 Å². The van der Waals surface area contributed by atoms with Crippen molar-refractivity contribution < 1.29 is 22.8 Å². The van der Waals surface area contributed by atoms with Crippen molar-refractivity contribution in [3.63, 3.8) is 0 Å². The molecular formula is C11H18ClNO. The first kappa shape index (κ1) is 13.4. The molecule has 0 fully saturated rings. The average molecular weight is 216 g/mol. The zero-order valence-electron chi connectivity index (χ0n) is 8.70. The van der Waals surface area contributed by atoms with Crippen molar-refractivity contribution >= 4 is 0 Å². The van der Waals surface area contributed by atoms with Gasteiger partial charge in [0.05, 0.1) is 6.54 Å². The van der Waals surface area contributed by atoms with Crippen molar-refractivity contribution in [2.75, 3.05) is 13.1 Å². The first-order chi connectivity index (χ1) is 6.17. The van der Waals surface area contributed by atoms with E-state index in [1.807, 2.05) is 37.3 Å². The highest BCUT2D eigenvalue weighted by molar-refractivity contribution is 5.21. The Balaban J connectivity index is 0.00000169. The Kier molecular flexibility index (Phi) is 5.77. The van der Waals surface area contributed by atoms with Gasteiger partial charge in [0.2, 0.25) is 0 Å². The van der Waals surface area contributed by atoms with Crippen LogP contribution in [0.3, 0.4) is 0 Å². The third-order valence-corrected chi connectivity index (χ3v) is 2.23. The second kappa shape index (κ2) is 6.02. The number of quaternary nitrogens is 1. The van der Waals surface area contributed by atoms with E-state index < -0.39 is 5.60 Å². The molecule has 3 N–H and O–H groups in total. The lowest BCUT2D eigenvalue weighted by molar-refractivity contribution is -0.665. The van der Waals surface area contributed by atoms with Gasteiger partial charge in [0, 0.05) is 0 Å². The third-order valence-electron chi connectivity index (χ3n) is 2.23. The van der Waals surface area contributed by atoms with Crippen LogP contribution in [0.1, 0.15) is 19.4 Å². The topological polar surface area (TPSA) is 36.8 Å². The van der Waals surface area contributed by atoms with E-state index in [2.05, 4.69) is 12.2 Å². The zero-order valence-corrected chi connectivity index (χ0v) is 9.46. The molecule has 0 heterocycles. The second-order valence-electron chi connectivity index (χ2n) is 3.54. The third kappa shape index (κ3) is 3.66. The van der Waals surface area contributed by atoms with Crippen LogP contribution in [0.15, 0.2) is 30.3 Å². The number of nitrogens with two attached hydrogens (primary N) is 1. The molecule has 0 aliphatic carbocycles. The van der Waals surface area contributed by atoms with Crippen LogP contribution in [0.4, 0.5) is 0 Å². The fourth-order valence-electron chi connectivity index (χ4n) is 1.34. The van der Waals surface area contributed by atoms with Crippen LogP contribution in [0.2, 0.25) is 0 Å². The number of benzene rings is 1. The summed E-state index contributed by atoms with van der Waals surface area (Å²) in [5.41, 5.74) is 0.275. The molecule has 1 rings (SSSR count). The van der Waals surface area contributed by atoms with E-state index in [0.29, 0.717) is 6.54 Å². The summed E-state index contributed by atoms with van der Waals surface area (Å²) in [6, 6.07) is 9.79. The minimum absolute atomic E-state index is 0. The molecular weight excluding hydrogens is 198 g/mol. The van der Waals surface area contributed by atoms with Crippen LogP contribution in [-0.4, -0.2) is 18.2 Å². The van der Waals surface area contributed by atoms with Gasteiger partial charge in [0.1, 0.15) is 12.1 Å². The maximum Gasteiger partial charge on any atom is 0.135 e. The summed E-state index contributed by atoms with van der Waals surface area (Å²) in [6.07, 6.45) is 0. The number of hydrogen-bond acceptors (Lipinski definition) is 1. The van der Waals surface area contributed by atoms with E-state index in [1.165, 1.54) is 0 Å². The quantitative estimate of drug-likeness (QED) is 0.572. The minimum Gasteiger partial charge on any atom is -1.00 e. The average Bonchev–Trinajstić information content (AvgIpc) is 2.16. The van der Waals surface area contributed by atoms with E-state index in [-0.39, 0.29) is 12.4 Å². The van der Waals surface area contributed by atoms with Gasteiger partial charge in [0.15, 0.2) is 0 Å². The van der Waals surface area contributed by atoms with Gasteiger partial charge >= 0.3 is 0 Å². The Morgan fingerprint density at radius 3 is 2.36 bits per heavy atom. The first-order valence-electron chi connectivity index (χ1n) is 4.76. The molecule has 1 aromatic carbocycles. The van der Waals surface area contributed by atoms with Crippen molar-refractivity contribution in [1.29, 1.82) is 0 Å². The lowest BCUT2D eigenvalue weighted by atomic mass is 9.96. The number of aliphatic hydroxyl groups is 1. The molecule has 0 spiro atoms. The second-order valence-corrected chi connectivity index (χ2v) is 3.54. The molecule has 3 heteroatoms. The summed E-state index contributed by atoms with van der Waals surface area (Å²) in [6.45, 7) is 5.66. The molecule has 0 saturated carbocycles. The predicted molar refractivity (Wildman–Crippen MR) is 53.3 cm³/mol. The highest BCUT2D eigenvalue weighted by atomic mass is 35.5. The summed E-state index contributed by atoms with van der Waals surface area (Å²) < 4.78 is 0. The van der Waals surface area contributed by atoms with Crippen molar-refractivity contribution in [3.05, 3.63) is 35.9 Å². The first-order valence-corrected chi connectivity index (χ1v) is 4.76. The van der Waals surface area contributed by atoms with Gasteiger partial charge in [-0.25, -0.2) is 0 Å². The molecule has 80 valence electrons. The van der Waals surface area contributed by atoms with Crippen LogP contribution in [0.5, 0.6) is 0 Å². The molecule has 0 aromatic heterocycles. The molecule has 0 aliphatic heterocycles. The molecule has 2 nitrogen and oxygen atoms in total. The predicted octanol–water partition coefficient (Wildman–Crippen LogP) is -2.52. The number of halogens is 1. The summed E-state index contributed by atoms with van der Waals surface area (Å²) in [5.74, 6) is 0. The molecule has 0 bridgehead atoms. The molecule has 0 saturated heterocycles. The monoisotopic (exact) mass is 215 g/mol. The summed E-state index contributed by atoms with van der Waals surface area (Å²) in [4.78, 5) is 0. The minimum atomic E-state index is -0.711. The Morgan fingerprint density at radius 2 is 1.86 bits per heavy atom. The fraction of sp³-hybridized carbons (Fsp3) is 0.455. The van der Waals surface area contributed by atoms with Gasteiger partial charge in [0.25, 0.3) is 0 Å². The van der Waals surface area contributed by atoms with Gasteiger partial charge in [-0.1, -0.05) is 30.3 Å². The van der Waals surface area contributed by atoms with Crippen molar-refractivity contribution in [3.8, 4) is 0 Å². The lowest BCUT2D eigenvalue weighted by Gasteiger charge is -2.21. The molecule has 1 atom stereocenters. The molecule has 0 radical (unpaired) electrons. The van der Waals surface area contributed by atoms with Crippen molar-refractivity contribution in [1.82, 2.24) is 0 Å². The standard InChI is InChI=1S/C11H17NO.ClH/c1-3-12-9-11(2,13)10-7-5-4-6-8-10;/h4-8,12-13H,3,9H2,1-2H3;1H/t11-;/m1./s1. The van der Waals surface area contributed by atoms with Crippen LogP contribution in [0, 0.1) is 0 Å². The van der Waals surface area contributed by atoms with Crippen LogP contribution >= 0.6 is 0 Å².